The normalized spacial score (nSPS) is 12.2. The molecule has 0 fully saturated rings. The molecule has 0 heterocycles. The Labute approximate surface area is 170 Å². The van der Waals surface area contributed by atoms with Gasteiger partial charge < -0.3 is 13.0 Å². The summed E-state index contributed by atoms with van der Waals surface area (Å²) in [6.45, 7) is 7.72. The van der Waals surface area contributed by atoms with E-state index in [0.29, 0.717) is 31.6 Å². The van der Waals surface area contributed by atoms with Crippen molar-refractivity contribution in [1.82, 2.24) is 0 Å². The standard InChI is InChI=1S/C16H18Cl4O3Si2/c1-24(2,21-15-7-5-11(17)9-13(15)19)23-25(3,4)22-16-8-6-12(18)10-14(16)20/h5-10H,1-4H3. The molecule has 0 radical (unpaired) electrons. The van der Waals surface area contributed by atoms with Crippen LogP contribution in [0.5, 0.6) is 11.5 Å². The molecule has 0 N–H and O–H groups in total. The van der Waals surface area contributed by atoms with Crippen molar-refractivity contribution in [3.8, 4) is 11.5 Å². The second-order valence-electron chi connectivity index (χ2n) is 6.26. The second kappa shape index (κ2) is 8.09. The smallest absolute Gasteiger partial charge is 0.384 e. The molecule has 0 saturated heterocycles. The van der Waals surface area contributed by atoms with Crippen molar-refractivity contribution in [3.05, 3.63) is 56.5 Å². The van der Waals surface area contributed by atoms with Crippen LogP contribution in [0.25, 0.3) is 0 Å². The van der Waals surface area contributed by atoms with E-state index in [1.165, 1.54) is 0 Å². The quantitative estimate of drug-likeness (QED) is 0.431. The molecule has 0 aliphatic carbocycles. The van der Waals surface area contributed by atoms with Gasteiger partial charge in [-0.1, -0.05) is 46.4 Å². The first-order chi connectivity index (χ1) is 11.5. The van der Waals surface area contributed by atoms with E-state index in [9.17, 15) is 0 Å². The summed E-state index contributed by atoms with van der Waals surface area (Å²) in [5, 5.41) is 1.98. The molecule has 0 saturated carbocycles. The predicted molar refractivity (Wildman–Crippen MR) is 110 cm³/mol. The van der Waals surface area contributed by atoms with Crippen molar-refractivity contribution >= 4 is 63.5 Å². The van der Waals surface area contributed by atoms with Gasteiger partial charge in [-0.25, -0.2) is 0 Å². The molecule has 2 aromatic rings. The molecule has 0 spiro atoms. The Kier molecular flexibility index (Phi) is 6.76. The minimum Gasteiger partial charge on any atom is -0.520 e. The minimum atomic E-state index is -2.57. The van der Waals surface area contributed by atoms with E-state index in [2.05, 4.69) is 0 Å². The third kappa shape index (κ3) is 6.36. The molecular weight excluding hydrogens is 438 g/mol. The van der Waals surface area contributed by atoms with Gasteiger partial charge >= 0.3 is 17.1 Å². The van der Waals surface area contributed by atoms with Gasteiger partial charge in [0.2, 0.25) is 0 Å². The van der Waals surface area contributed by atoms with Crippen molar-refractivity contribution in [2.24, 2.45) is 0 Å². The van der Waals surface area contributed by atoms with Gasteiger partial charge in [0, 0.05) is 10.0 Å². The van der Waals surface area contributed by atoms with Gasteiger partial charge in [0.25, 0.3) is 0 Å². The van der Waals surface area contributed by atoms with E-state index in [-0.39, 0.29) is 0 Å². The van der Waals surface area contributed by atoms with E-state index in [4.69, 9.17) is 59.4 Å². The number of hydrogen-bond acceptors (Lipinski definition) is 3. The molecular formula is C16H18Cl4O3Si2. The third-order valence-electron chi connectivity index (χ3n) is 2.99. The summed E-state index contributed by atoms with van der Waals surface area (Å²) >= 11 is 24.2. The average Bonchev–Trinajstić information content (AvgIpc) is 2.44. The molecule has 25 heavy (non-hydrogen) atoms. The first-order valence-corrected chi connectivity index (χ1v) is 14.6. The molecule has 0 unspecified atom stereocenters. The Morgan fingerprint density at radius 2 is 1.00 bits per heavy atom. The Balaban J connectivity index is 2.11. The van der Waals surface area contributed by atoms with Crippen LogP contribution in [-0.4, -0.2) is 17.1 Å². The van der Waals surface area contributed by atoms with E-state index >= 15 is 0 Å². The summed E-state index contributed by atoms with van der Waals surface area (Å²) in [4.78, 5) is 0. The van der Waals surface area contributed by atoms with Crippen molar-refractivity contribution in [2.75, 3.05) is 0 Å². The van der Waals surface area contributed by atoms with Gasteiger partial charge in [-0.05, 0) is 62.6 Å². The minimum absolute atomic E-state index is 0.442. The number of halogens is 4. The van der Waals surface area contributed by atoms with Gasteiger partial charge in [0.05, 0.1) is 10.0 Å². The van der Waals surface area contributed by atoms with E-state index in [0.717, 1.165) is 0 Å². The maximum atomic E-state index is 6.25. The first kappa shape index (κ1) is 20.9. The largest absolute Gasteiger partial charge is 0.520 e. The topological polar surface area (TPSA) is 27.7 Å². The SMILES string of the molecule is C[Si](C)(Oc1ccc(Cl)cc1Cl)O[Si](C)(C)Oc1ccc(Cl)cc1Cl. The zero-order valence-corrected chi connectivity index (χ0v) is 19.2. The van der Waals surface area contributed by atoms with Gasteiger partial charge in [-0.3, -0.25) is 0 Å². The summed E-state index contributed by atoms with van der Waals surface area (Å²) < 4.78 is 18.3. The molecule has 0 aromatic heterocycles. The van der Waals surface area contributed by atoms with E-state index in [1.54, 1.807) is 36.4 Å². The van der Waals surface area contributed by atoms with E-state index in [1.807, 2.05) is 26.2 Å². The summed E-state index contributed by atoms with van der Waals surface area (Å²) in [7, 11) is -5.14. The molecule has 0 atom stereocenters. The Morgan fingerprint density at radius 3 is 1.32 bits per heavy atom. The summed E-state index contributed by atoms with van der Waals surface area (Å²) in [6, 6.07) is 10.2. The predicted octanol–water partition coefficient (Wildman–Crippen LogP) is 7.18. The second-order valence-corrected chi connectivity index (χ2v) is 14.8. The lowest BCUT2D eigenvalue weighted by Crippen LogP contribution is -2.52. The van der Waals surface area contributed by atoms with Crippen molar-refractivity contribution < 1.29 is 13.0 Å². The maximum Gasteiger partial charge on any atom is 0.384 e. The van der Waals surface area contributed by atoms with Crippen LogP contribution in [0, 0.1) is 0 Å². The first-order valence-electron chi connectivity index (χ1n) is 7.46. The van der Waals surface area contributed by atoms with Gasteiger partial charge in [0.15, 0.2) is 0 Å². The molecule has 2 rings (SSSR count). The van der Waals surface area contributed by atoms with Crippen LogP contribution in [0.4, 0.5) is 0 Å². The Morgan fingerprint density at radius 1 is 0.640 bits per heavy atom. The van der Waals surface area contributed by atoms with Crippen LogP contribution in [-0.2, 0) is 4.12 Å². The lowest BCUT2D eigenvalue weighted by molar-refractivity contribution is 0.334. The fourth-order valence-corrected chi connectivity index (χ4v) is 9.79. The van der Waals surface area contributed by atoms with Crippen molar-refractivity contribution in [1.29, 1.82) is 0 Å². The highest BCUT2D eigenvalue weighted by Crippen LogP contribution is 2.33. The van der Waals surface area contributed by atoms with Crippen LogP contribution < -0.4 is 8.85 Å². The third-order valence-corrected chi connectivity index (χ3v) is 9.41. The lowest BCUT2D eigenvalue weighted by atomic mass is 10.3. The average molecular weight is 456 g/mol. The summed E-state index contributed by atoms with van der Waals surface area (Å²) in [6.07, 6.45) is 0. The molecule has 3 nitrogen and oxygen atoms in total. The van der Waals surface area contributed by atoms with Crippen molar-refractivity contribution in [2.45, 2.75) is 26.2 Å². The maximum absolute atomic E-state index is 6.25. The number of rotatable bonds is 6. The molecule has 0 aliphatic heterocycles. The van der Waals surface area contributed by atoms with Gasteiger partial charge in [0.1, 0.15) is 11.5 Å². The van der Waals surface area contributed by atoms with Crippen molar-refractivity contribution in [3.63, 3.8) is 0 Å². The number of hydrogen-bond donors (Lipinski definition) is 0. The monoisotopic (exact) mass is 454 g/mol. The Hall–Kier alpha value is -0.406. The fourth-order valence-electron chi connectivity index (χ4n) is 2.28. The number of benzene rings is 2. The van der Waals surface area contributed by atoms with Crippen LogP contribution >= 0.6 is 46.4 Å². The van der Waals surface area contributed by atoms with Crippen LogP contribution in [0.3, 0.4) is 0 Å². The highest BCUT2D eigenvalue weighted by atomic mass is 35.5. The molecule has 0 amide bonds. The molecule has 2 aromatic carbocycles. The zero-order chi connectivity index (χ0) is 18.8. The van der Waals surface area contributed by atoms with Gasteiger partial charge in [-0.2, -0.15) is 0 Å². The van der Waals surface area contributed by atoms with Crippen LogP contribution in [0.15, 0.2) is 36.4 Å². The molecule has 0 aliphatic rings. The summed E-state index contributed by atoms with van der Waals surface area (Å²) in [5.41, 5.74) is 0. The van der Waals surface area contributed by atoms with E-state index < -0.39 is 17.1 Å². The highest BCUT2D eigenvalue weighted by molar-refractivity contribution is 6.79. The van der Waals surface area contributed by atoms with Crippen LogP contribution in [0.1, 0.15) is 0 Å². The Bertz CT molecular complexity index is 706. The molecule has 0 bridgehead atoms. The highest BCUT2D eigenvalue weighted by Gasteiger charge is 2.39. The zero-order valence-electron chi connectivity index (χ0n) is 14.2. The summed E-state index contributed by atoms with van der Waals surface area (Å²) in [5.74, 6) is 1.08. The molecule has 136 valence electrons. The van der Waals surface area contributed by atoms with Gasteiger partial charge in [-0.15, -0.1) is 0 Å². The fraction of sp³-hybridized carbons (Fsp3) is 0.250. The lowest BCUT2D eigenvalue weighted by Gasteiger charge is -2.33. The molecule has 9 heteroatoms. The van der Waals surface area contributed by atoms with Crippen LogP contribution in [0.2, 0.25) is 46.3 Å².